The predicted octanol–water partition coefficient (Wildman–Crippen LogP) is 1.30. The summed E-state index contributed by atoms with van der Waals surface area (Å²) < 4.78 is 10.4. The average molecular weight is 408 g/mol. The second kappa shape index (κ2) is 5.99. The van der Waals surface area contributed by atoms with Gasteiger partial charge in [0, 0.05) is 6.42 Å². The van der Waals surface area contributed by atoms with Crippen LogP contribution in [0.2, 0.25) is 0 Å². The van der Waals surface area contributed by atoms with Gasteiger partial charge in [-0.05, 0) is 12.2 Å². The van der Waals surface area contributed by atoms with Gasteiger partial charge in [-0.25, -0.2) is 0 Å². The summed E-state index contributed by atoms with van der Waals surface area (Å²) in [7, 11) is 0. The van der Waals surface area contributed by atoms with Crippen molar-refractivity contribution in [1.29, 1.82) is 0 Å². The Morgan fingerprint density at radius 3 is 2.71 bits per heavy atom. The summed E-state index contributed by atoms with van der Waals surface area (Å²) in [5.41, 5.74) is 0. The first kappa shape index (κ1) is 14.7. The largest absolute Gasteiger partial charge is 2.00 e. The van der Waals surface area contributed by atoms with E-state index in [1.54, 1.807) is 6.92 Å². The predicted molar refractivity (Wildman–Crippen MR) is 55.9 cm³/mol. The number of fused-ring (bicyclic) bond motifs is 2. The van der Waals surface area contributed by atoms with Crippen molar-refractivity contribution in [3.8, 4) is 0 Å². The van der Waals surface area contributed by atoms with Crippen LogP contribution in [0.4, 0.5) is 0 Å². The van der Waals surface area contributed by atoms with Crippen molar-refractivity contribution in [2.45, 2.75) is 38.9 Å². The summed E-state index contributed by atoms with van der Waals surface area (Å²) in [5, 5.41) is 0. The Morgan fingerprint density at radius 2 is 2.12 bits per heavy atom. The van der Waals surface area contributed by atoms with Gasteiger partial charge in [-0.1, -0.05) is 26.2 Å². The number of esters is 2. The van der Waals surface area contributed by atoms with E-state index in [-0.39, 0.29) is 50.9 Å². The molecule has 4 unspecified atom stereocenters. The van der Waals surface area contributed by atoms with E-state index in [2.05, 4.69) is 0 Å². The minimum absolute atomic E-state index is 0. The number of hydrogen-bond donors (Lipinski definition) is 0. The molecule has 2 rings (SSSR count). The molecule has 2 aliphatic rings. The third-order valence-corrected chi connectivity index (χ3v) is 3.17. The first-order valence-electron chi connectivity index (χ1n) is 5.75. The van der Waals surface area contributed by atoms with Crippen LogP contribution in [0, 0.1) is 24.7 Å². The Hall–Kier alpha value is -0.372. The van der Waals surface area contributed by atoms with E-state index in [9.17, 15) is 9.59 Å². The van der Waals surface area contributed by atoms with Crippen LogP contribution in [-0.2, 0) is 40.1 Å². The fraction of sp³-hybridized carbons (Fsp3) is 0.667. The van der Waals surface area contributed by atoms with E-state index >= 15 is 0 Å². The van der Waals surface area contributed by atoms with Crippen LogP contribution in [-0.4, -0.2) is 24.1 Å². The molecule has 0 aromatic heterocycles. The third kappa shape index (κ3) is 2.90. The van der Waals surface area contributed by atoms with E-state index in [0.29, 0.717) is 6.42 Å². The second-order valence-electron chi connectivity index (χ2n) is 4.19. The van der Waals surface area contributed by atoms with Gasteiger partial charge in [0.05, 0.1) is 0 Å². The van der Waals surface area contributed by atoms with Crippen LogP contribution >= 0.6 is 0 Å². The molecule has 0 spiro atoms. The molecular weight excluding hydrogens is 392 g/mol. The Bertz CT molecular complexity index is 305. The van der Waals surface area contributed by atoms with Crippen molar-refractivity contribution in [2.75, 3.05) is 0 Å². The summed E-state index contributed by atoms with van der Waals surface area (Å²) in [6, 6.07) is 0. The number of hydrogen-bond acceptors (Lipinski definition) is 4. The first-order valence-corrected chi connectivity index (χ1v) is 5.75. The van der Waals surface area contributed by atoms with Gasteiger partial charge in [0.2, 0.25) is 0 Å². The quantitative estimate of drug-likeness (QED) is 0.522. The van der Waals surface area contributed by atoms with E-state index < -0.39 is 6.10 Å². The summed E-state index contributed by atoms with van der Waals surface area (Å²) >= 11 is 0. The van der Waals surface area contributed by atoms with Crippen LogP contribution < -0.4 is 0 Å². The van der Waals surface area contributed by atoms with Crippen LogP contribution in [0.25, 0.3) is 0 Å². The molecule has 0 amide bonds. The number of carbonyl (C=O) groups excluding carboxylic acids is 2. The molecule has 1 heterocycles. The van der Waals surface area contributed by atoms with E-state index in [4.69, 9.17) is 9.47 Å². The van der Waals surface area contributed by atoms with E-state index in [1.807, 2.05) is 19.8 Å². The molecule has 94 valence electrons. The standard InChI is InChI=1S/C12H16O4.W/c1-3-7-5-9(15-11(13)4-2)10-6-8(7)12(14)16-10;/h5-10H,3-4H2,1-2H3;/q-2;+2. The Kier molecular flexibility index (Phi) is 5.18. The van der Waals surface area contributed by atoms with Gasteiger partial charge >= 0.3 is 27.0 Å². The Balaban J connectivity index is 0.00000144. The molecule has 0 N–H and O–H groups in total. The third-order valence-electron chi connectivity index (χ3n) is 3.17. The summed E-state index contributed by atoms with van der Waals surface area (Å²) in [5.74, 6) is -0.471. The molecule has 5 heteroatoms. The maximum Gasteiger partial charge on any atom is 2.00 e. The van der Waals surface area contributed by atoms with Crippen LogP contribution in [0.3, 0.4) is 0 Å². The molecular formula is C12H16O4W. The van der Waals surface area contributed by atoms with Gasteiger partial charge < -0.3 is 9.47 Å². The summed E-state index contributed by atoms with van der Waals surface area (Å²) in [6.45, 7) is 3.76. The minimum atomic E-state index is -0.403. The normalized spacial score (nSPS) is 34.8. The number of ether oxygens (including phenoxy) is 2. The Morgan fingerprint density at radius 1 is 1.41 bits per heavy atom. The second-order valence-corrected chi connectivity index (χ2v) is 4.19. The van der Waals surface area contributed by atoms with Gasteiger partial charge in [-0.15, -0.1) is 0 Å². The van der Waals surface area contributed by atoms with Crippen molar-refractivity contribution in [3.63, 3.8) is 0 Å². The number of rotatable bonds is 3. The molecule has 2 fully saturated rings. The van der Waals surface area contributed by atoms with Crippen LogP contribution in [0.15, 0.2) is 0 Å². The van der Waals surface area contributed by atoms with Crippen molar-refractivity contribution < 1.29 is 40.1 Å². The molecule has 0 radical (unpaired) electrons. The Labute approximate surface area is 116 Å². The first-order chi connectivity index (χ1) is 7.65. The molecule has 1 saturated carbocycles. The minimum Gasteiger partial charge on any atom is -0.496 e. The SMILES string of the molecule is CCC(=O)OC1[CH-]C(CC)C2[CH-]C1OC2=O.[W+2]. The molecule has 1 aliphatic heterocycles. The molecule has 17 heavy (non-hydrogen) atoms. The maximum atomic E-state index is 11.5. The zero-order valence-electron chi connectivity index (χ0n) is 9.92. The maximum absolute atomic E-state index is 11.5. The summed E-state index contributed by atoms with van der Waals surface area (Å²) in [6.07, 6.45) is 4.21. The summed E-state index contributed by atoms with van der Waals surface area (Å²) in [4.78, 5) is 22.7. The van der Waals surface area contributed by atoms with E-state index in [1.165, 1.54) is 0 Å². The van der Waals surface area contributed by atoms with Crippen molar-refractivity contribution in [1.82, 2.24) is 0 Å². The average Bonchev–Trinajstić information content (AvgIpc) is 2.61. The molecule has 1 saturated heterocycles. The molecule has 0 aromatic rings. The van der Waals surface area contributed by atoms with Crippen molar-refractivity contribution in [2.24, 2.45) is 11.8 Å². The molecule has 4 nitrogen and oxygen atoms in total. The van der Waals surface area contributed by atoms with Gasteiger partial charge in [0.1, 0.15) is 0 Å². The van der Waals surface area contributed by atoms with Gasteiger partial charge in [0.15, 0.2) is 0 Å². The van der Waals surface area contributed by atoms with E-state index in [0.717, 1.165) is 6.42 Å². The topological polar surface area (TPSA) is 52.6 Å². The number of carbonyl (C=O) groups is 2. The van der Waals surface area contributed by atoms with Gasteiger partial charge in [0.25, 0.3) is 5.97 Å². The zero-order chi connectivity index (χ0) is 11.7. The van der Waals surface area contributed by atoms with Gasteiger partial charge in [-0.2, -0.15) is 5.92 Å². The fourth-order valence-corrected chi connectivity index (χ4v) is 2.23. The van der Waals surface area contributed by atoms with Crippen molar-refractivity contribution >= 4 is 11.9 Å². The molecule has 0 aromatic carbocycles. The van der Waals surface area contributed by atoms with Crippen molar-refractivity contribution in [3.05, 3.63) is 12.8 Å². The monoisotopic (exact) mass is 408 g/mol. The van der Waals surface area contributed by atoms with Gasteiger partial charge in [-0.3, -0.25) is 22.4 Å². The molecule has 1 aliphatic carbocycles. The molecule has 2 bridgehead atoms. The molecule has 4 atom stereocenters. The van der Waals surface area contributed by atoms with Crippen LogP contribution in [0.1, 0.15) is 26.7 Å². The smallest absolute Gasteiger partial charge is 0.496 e. The zero-order valence-corrected chi connectivity index (χ0v) is 12.9. The fourth-order valence-electron chi connectivity index (χ4n) is 2.23. The van der Waals surface area contributed by atoms with Crippen LogP contribution in [0.5, 0.6) is 0 Å².